The number of carbonyl (C=O) groups excluding carboxylic acids is 2. The summed E-state index contributed by atoms with van der Waals surface area (Å²) in [5.74, 6) is 1.94. The van der Waals surface area contributed by atoms with E-state index < -0.39 is 0 Å². The average Bonchev–Trinajstić information content (AvgIpc) is 3.21. The van der Waals surface area contributed by atoms with E-state index in [1.54, 1.807) is 0 Å². The lowest BCUT2D eigenvalue weighted by Crippen LogP contribution is -2.22. The molecule has 0 aliphatic carbocycles. The van der Waals surface area contributed by atoms with Crippen molar-refractivity contribution in [3.8, 4) is 12.3 Å². The highest BCUT2D eigenvalue weighted by Crippen LogP contribution is 2.36. The summed E-state index contributed by atoms with van der Waals surface area (Å²) in [6.45, 7) is 0.803. The molecule has 2 heterocycles. The Balaban J connectivity index is 1.87. The van der Waals surface area contributed by atoms with E-state index in [1.165, 1.54) is 0 Å². The number of rotatable bonds is 6. The Bertz CT molecular complexity index is 1200. The summed E-state index contributed by atoms with van der Waals surface area (Å²) in [6, 6.07) is 15.4. The van der Waals surface area contributed by atoms with Crippen LogP contribution in [0.3, 0.4) is 0 Å². The van der Waals surface area contributed by atoms with Gasteiger partial charge in [-0.25, -0.2) is 0 Å². The van der Waals surface area contributed by atoms with E-state index in [-0.39, 0.29) is 11.8 Å². The minimum absolute atomic E-state index is 0.361. The summed E-state index contributed by atoms with van der Waals surface area (Å²) in [7, 11) is 0. The van der Waals surface area contributed by atoms with Crippen molar-refractivity contribution < 1.29 is 9.59 Å². The van der Waals surface area contributed by atoms with Gasteiger partial charge in [-0.05, 0) is 36.6 Å². The fourth-order valence-electron chi connectivity index (χ4n) is 3.77. The van der Waals surface area contributed by atoms with Gasteiger partial charge in [0, 0.05) is 40.1 Å². The number of aryl methyl sites for hydroxylation is 1. The molecular formula is C24H19BrN2O2. The molecule has 4 rings (SSSR count). The van der Waals surface area contributed by atoms with Crippen LogP contribution in [0.1, 0.15) is 30.4 Å². The van der Waals surface area contributed by atoms with Crippen molar-refractivity contribution in [2.45, 2.75) is 25.8 Å². The van der Waals surface area contributed by atoms with E-state index in [1.807, 2.05) is 54.7 Å². The number of fused-ring (bicyclic) bond motifs is 1. The molecule has 0 bridgehead atoms. The van der Waals surface area contributed by atoms with Crippen LogP contribution in [0.5, 0.6) is 0 Å². The van der Waals surface area contributed by atoms with Crippen molar-refractivity contribution >= 4 is 49.8 Å². The van der Waals surface area contributed by atoms with Crippen LogP contribution in [0.4, 0.5) is 0 Å². The molecular weight excluding hydrogens is 428 g/mol. The zero-order chi connectivity index (χ0) is 20.4. The van der Waals surface area contributed by atoms with Crippen LogP contribution in [-0.4, -0.2) is 16.4 Å². The Kier molecular flexibility index (Phi) is 5.37. The third kappa shape index (κ3) is 3.64. The highest BCUT2D eigenvalue weighted by atomic mass is 79.9. The third-order valence-corrected chi connectivity index (χ3v) is 5.57. The number of nitrogens with zero attached hydrogens (tertiary/aromatic N) is 1. The number of hydrogen-bond acceptors (Lipinski definition) is 2. The summed E-state index contributed by atoms with van der Waals surface area (Å²) < 4.78 is 2.99. The smallest absolute Gasteiger partial charge is 0.259 e. The zero-order valence-electron chi connectivity index (χ0n) is 15.7. The molecule has 3 aromatic rings. The van der Waals surface area contributed by atoms with Gasteiger partial charge in [-0.15, -0.1) is 12.3 Å². The maximum atomic E-state index is 12.8. The predicted molar refractivity (Wildman–Crippen MR) is 119 cm³/mol. The van der Waals surface area contributed by atoms with Crippen molar-refractivity contribution in [1.82, 2.24) is 9.88 Å². The summed E-state index contributed by atoms with van der Waals surface area (Å²) in [5.41, 5.74) is 3.36. The molecule has 2 amide bonds. The molecule has 1 aromatic heterocycles. The first-order valence-electron chi connectivity index (χ1n) is 9.47. The molecule has 0 saturated heterocycles. The Labute approximate surface area is 177 Å². The van der Waals surface area contributed by atoms with Crippen LogP contribution in [0.15, 0.2) is 59.2 Å². The van der Waals surface area contributed by atoms with Gasteiger partial charge in [-0.3, -0.25) is 14.9 Å². The number of nitrogens with one attached hydrogen (secondary N) is 1. The fourth-order valence-corrected chi connectivity index (χ4v) is 4.17. The molecule has 0 spiro atoms. The lowest BCUT2D eigenvalue weighted by Gasteiger charge is -2.04. The number of aromatic nitrogens is 1. The van der Waals surface area contributed by atoms with E-state index in [4.69, 9.17) is 6.42 Å². The molecule has 0 radical (unpaired) electrons. The first kappa shape index (κ1) is 19.2. The van der Waals surface area contributed by atoms with Crippen molar-refractivity contribution in [2.75, 3.05) is 0 Å². The number of imide groups is 1. The highest BCUT2D eigenvalue weighted by molar-refractivity contribution is 9.10. The molecule has 4 nitrogen and oxygen atoms in total. The molecule has 2 aromatic carbocycles. The second-order valence-electron chi connectivity index (χ2n) is 6.96. The maximum Gasteiger partial charge on any atom is 0.259 e. The van der Waals surface area contributed by atoms with E-state index in [2.05, 4.69) is 31.7 Å². The highest BCUT2D eigenvalue weighted by Gasteiger charge is 2.33. The average molecular weight is 447 g/mol. The standard InChI is InChI=1S/C24H19BrN2O2/c1-2-3-4-7-13-27-15-19(18-11-5-6-12-20(18)27)22-21(23(28)26-24(22)29)16-9-8-10-17(25)14-16/h1,5-6,8-12,14-15H,3-4,7,13H2,(H,26,28,29). The number of benzene rings is 2. The molecule has 0 fully saturated rings. The van der Waals surface area contributed by atoms with E-state index in [9.17, 15) is 9.59 Å². The van der Waals surface area contributed by atoms with Crippen LogP contribution in [0.25, 0.3) is 22.0 Å². The quantitative estimate of drug-likeness (QED) is 0.336. The van der Waals surface area contributed by atoms with Gasteiger partial charge in [0.05, 0.1) is 11.1 Å². The van der Waals surface area contributed by atoms with Crippen molar-refractivity contribution in [3.63, 3.8) is 0 Å². The topological polar surface area (TPSA) is 51.1 Å². The van der Waals surface area contributed by atoms with Crippen LogP contribution in [0, 0.1) is 12.3 Å². The van der Waals surface area contributed by atoms with Gasteiger partial charge in [0.25, 0.3) is 11.8 Å². The molecule has 0 saturated carbocycles. The van der Waals surface area contributed by atoms with E-state index >= 15 is 0 Å². The van der Waals surface area contributed by atoms with Gasteiger partial charge < -0.3 is 4.57 Å². The van der Waals surface area contributed by atoms with Crippen molar-refractivity contribution in [3.05, 3.63) is 70.3 Å². The Morgan fingerprint density at radius 2 is 1.79 bits per heavy atom. The first-order valence-corrected chi connectivity index (χ1v) is 10.3. The molecule has 144 valence electrons. The zero-order valence-corrected chi connectivity index (χ0v) is 17.3. The minimum atomic E-state index is -0.367. The van der Waals surface area contributed by atoms with Gasteiger partial charge in [-0.1, -0.05) is 46.3 Å². The van der Waals surface area contributed by atoms with Crippen molar-refractivity contribution in [2.24, 2.45) is 0 Å². The lowest BCUT2D eigenvalue weighted by molar-refractivity contribution is -0.122. The molecule has 0 atom stereocenters. The molecule has 1 N–H and O–H groups in total. The predicted octanol–water partition coefficient (Wildman–Crippen LogP) is 4.77. The van der Waals surface area contributed by atoms with E-state index in [0.29, 0.717) is 16.7 Å². The number of carbonyl (C=O) groups is 2. The minimum Gasteiger partial charge on any atom is -0.347 e. The fraction of sp³-hybridized carbons (Fsp3) is 0.167. The van der Waals surface area contributed by atoms with Gasteiger partial charge in [0.15, 0.2) is 0 Å². The molecule has 0 unspecified atom stereocenters. The number of unbranched alkanes of at least 4 members (excludes halogenated alkanes) is 2. The second-order valence-corrected chi connectivity index (χ2v) is 7.87. The van der Waals surface area contributed by atoms with Crippen LogP contribution in [0.2, 0.25) is 0 Å². The number of para-hydroxylation sites is 1. The maximum absolute atomic E-state index is 12.8. The number of terminal acetylenes is 1. The van der Waals surface area contributed by atoms with Crippen LogP contribution >= 0.6 is 15.9 Å². The van der Waals surface area contributed by atoms with E-state index in [0.717, 1.165) is 46.7 Å². The number of hydrogen-bond donors (Lipinski definition) is 1. The summed E-state index contributed by atoms with van der Waals surface area (Å²) in [6.07, 6.45) is 9.98. The van der Waals surface area contributed by atoms with Gasteiger partial charge in [0.1, 0.15) is 0 Å². The van der Waals surface area contributed by atoms with Crippen LogP contribution < -0.4 is 5.32 Å². The monoisotopic (exact) mass is 446 g/mol. The lowest BCUT2D eigenvalue weighted by atomic mass is 9.96. The molecule has 1 aliphatic heterocycles. The largest absolute Gasteiger partial charge is 0.347 e. The summed E-state index contributed by atoms with van der Waals surface area (Å²) in [4.78, 5) is 25.4. The summed E-state index contributed by atoms with van der Waals surface area (Å²) >= 11 is 3.45. The SMILES string of the molecule is C#CCCCCn1cc(C2=C(c3cccc(Br)c3)C(=O)NC2=O)c2ccccc21. The first-order chi connectivity index (χ1) is 14.1. The van der Waals surface area contributed by atoms with Crippen LogP contribution in [-0.2, 0) is 16.1 Å². The Morgan fingerprint density at radius 3 is 2.59 bits per heavy atom. The third-order valence-electron chi connectivity index (χ3n) is 5.07. The van der Waals surface area contributed by atoms with Crippen molar-refractivity contribution in [1.29, 1.82) is 0 Å². The summed E-state index contributed by atoms with van der Waals surface area (Å²) in [5, 5.41) is 3.42. The number of halogens is 1. The number of amides is 2. The van der Waals surface area contributed by atoms with Gasteiger partial charge >= 0.3 is 0 Å². The molecule has 1 aliphatic rings. The Morgan fingerprint density at radius 1 is 1.00 bits per heavy atom. The van der Waals surface area contributed by atoms with Gasteiger partial charge in [-0.2, -0.15) is 0 Å². The Hall–Kier alpha value is -3.10. The second kappa shape index (κ2) is 8.10. The molecule has 5 heteroatoms. The molecule has 29 heavy (non-hydrogen) atoms. The van der Waals surface area contributed by atoms with Gasteiger partial charge in [0.2, 0.25) is 0 Å². The normalized spacial score (nSPS) is 13.8.